The molecule has 1 amide bonds. The Labute approximate surface area is 201 Å². The Hall–Kier alpha value is -2.24. The molecular formula is C28H37F3N2O. The van der Waals surface area contributed by atoms with Crippen LogP contribution in [0.2, 0.25) is 0 Å². The second-order valence-electron chi connectivity index (χ2n) is 11.3. The summed E-state index contributed by atoms with van der Waals surface area (Å²) in [6, 6.07) is 6.39. The highest BCUT2D eigenvalue weighted by Crippen LogP contribution is 2.38. The largest absolute Gasteiger partial charge is 0.416 e. The standard InChI is InChI=1S/C28H37F3N2O/c1-18-24(26(34)32-23-11-8-12-23)16-25(33(18)17-19-9-6-5-7-10-19)20-13-21(27(2,3)4)15-22(14-20)28(29,30)31/h13-16,19,23H,5-12,17H2,1-4H3,(H,32,34). The lowest BCUT2D eigenvalue weighted by Gasteiger charge is -2.26. The second kappa shape index (κ2) is 9.43. The molecule has 0 saturated heterocycles. The quantitative estimate of drug-likeness (QED) is 0.475. The highest BCUT2D eigenvalue weighted by Gasteiger charge is 2.33. The van der Waals surface area contributed by atoms with E-state index in [1.807, 2.05) is 39.8 Å². The van der Waals surface area contributed by atoms with Crippen LogP contribution in [0.25, 0.3) is 11.3 Å². The molecule has 0 unspecified atom stereocenters. The van der Waals surface area contributed by atoms with Crippen LogP contribution in [-0.4, -0.2) is 16.5 Å². The molecule has 0 aliphatic heterocycles. The van der Waals surface area contributed by atoms with E-state index in [0.29, 0.717) is 28.3 Å². The Bertz CT molecular complexity index is 1000. The molecule has 1 N–H and O–H groups in total. The van der Waals surface area contributed by atoms with E-state index in [9.17, 15) is 18.0 Å². The molecule has 6 heteroatoms. The Morgan fingerprint density at radius 2 is 1.59 bits per heavy atom. The fraction of sp³-hybridized carbons (Fsp3) is 0.607. The Balaban J connectivity index is 1.81. The van der Waals surface area contributed by atoms with Gasteiger partial charge in [0.25, 0.3) is 5.91 Å². The van der Waals surface area contributed by atoms with Crippen molar-refractivity contribution in [2.75, 3.05) is 0 Å². The number of nitrogens with one attached hydrogen (secondary N) is 1. The average Bonchev–Trinajstić information content (AvgIpc) is 3.06. The lowest BCUT2D eigenvalue weighted by Crippen LogP contribution is -2.39. The highest BCUT2D eigenvalue weighted by atomic mass is 19.4. The molecule has 3 nitrogen and oxygen atoms in total. The third-order valence-corrected chi connectivity index (χ3v) is 7.64. The minimum absolute atomic E-state index is 0.117. The maximum absolute atomic E-state index is 13.9. The minimum Gasteiger partial charge on any atom is -0.349 e. The number of carbonyl (C=O) groups excluding carboxylic acids is 1. The van der Waals surface area contributed by atoms with Crippen LogP contribution in [-0.2, 0) is 18.1 Å². The van der Waals surface area contributed by atoms with Gasteiger partial charge in [-0.2, -0.15) is 13.2 Å². The second-order valence-corrected chi connectivity index (χ2v) is 11.3. The molecule has 1 aromatic heterocycles. The summed E-state index contributed by atoms with van der Waals surface area (Å²) in [7, 11) is 0. The van der Waals surface area contributed by atoms with Gasteiger partial charge in [-0.25, -0.2) is 0 Å². The molecule has 34 heavy (non-hydrogen) atoms. The molecule has 0 bridgehead atoms. The zero-order valence-corrected chi connectivity index (χ0v) is 20.8. The van der Waals surface area contributed by atoms with Gasteiger partial charge in [-0.1, -0.05) is 40.0 Å². The summed E-state index contributed by atoms with van der Waals surface area (Å²) >= 11 is 0. The number of aromatic nitrogens is 1. The van der Waals surface area contributed by atoms with Gasteiger partial charge in [-0.05, 0) is 85.8 Å². The lowest BCUT2D eigenvalue weighted by molar-refractivity contribution is -0.137. The smallest absolute Gasteiger partial charge is 0.349 e. The van der Waals surface area contributed by atoms with Gasteiger partial charge in [0.05, 0.1) is 11.1 Å². The highest BCUT2D eigenvalue weighted by molar-refractivity contribution is 5.97. The summed E-state index contributed by atoms with van der Waals surface area (Å²) in [6.45, 7) is 8.45. The number of halogens is 3. The van der Waals surface area contributed by atoms with Gasteiger partial charge in [0.15, 0.2) is 0 Å². The number of rotatable bonds is 5. The summed E-state index contributed by atoms with van der Waals surface area (Å²) in [5.74, 6) is 0.364. The van der Waals surface area contributed by atoms with E-state index in [1.54, 1.807) is 0 Å². The van der Waals surface area contributed by atoms with E-state index in [2.05, 4.69) is 9.88 Å². The van der Waals surface area contributed by atoms with Crippen LogP contribution in [0.15, 0.2) is 24.3 Å². The minimum atomic E-state index is -4.43. The van der Waals surface area contributed by atoms with Crippen molar-refractivity contribution in [2.45, 2.75) is 103 Å². The zero-order chi connectivity index (χ0) is 24.7. The predicted octanol–water partition coefficient (Wildman–Crippen LogP) is 7.64. The number of benzene rings is 1. The van der Waals surface area contributed by atoms with Gasteiger partial charge >= 0.3 is 6.18 Å². The Morgan fingerprint density at radius 1 is 0.941 bits per heavy atom. The molecule has 0 spiro atoms. The lowest BCUT2D eigenvalue weighted by atomic mass is 9.84. The number of amides is 1. The first-order chi connectivity index (χ1) is 15.9. The van der Waals surface area contributed by atoms with E-state index in [1.165, 1.54) is 31.4 Å². The fourth-order valence-corrected chi connectivity index (χ4v) is 5.17. The first kappa shape index (κ1) is 24.9. The molecule has 4 rings (SSSR count). The molecule has 0 atom stereocenters. The van der Waals surface area contributed by atoms with E-state index in [4.69, 9.17) is 0 Å². The third-order valence-electron chi connectivity index (χ3n) is 7.64. The number of alkyl halides is 3. The van der Waals surface area contributed by atoms with Crippen LogP contribution in [0, 0.1) is 12.8 Å². The van der Waals surface area contributed by atoms with Crippen molar-refractivity contribution in [1.82, 2.24) is 9.88 Å². The van der Waals surface area contributed by atoms with Crippen molar-refractivity contribution in [3.05, 3.63) is 46.6 Å². The fourth-order valence-electron chi connectivity index (χ4n) is 5.17. The molecule has 0 radical (unpaired) electrons. The van der Waals surface area contributed by atoms with Crippen LogP contribution in [0.4, 0.5) is 13.2 Å². The maximum Gasteiger partial charge on any atom is 0.416 e. The van der Waals surface area contributed by atoms with E-state index in [0.717, 1.165) is 44.3 Å². The van der Waals surface area contributed by atoms with Crippen molar-refractivity contribution in [3.8, 4) is 11.3 Å². The zero-order valence-electron chi connectivity index (χ0n) is 20.8. The molecule has 2 saturated carbocycles. The molecule has 2 aliphatic carbocycles. The number of hydrogen-bond donors (Lipinski definition) is 1. The van der Waals surface area contributed by atoms with Crippen LogP contribution in [0.5, 0.6) is 0 Å². The van der Waals surface area contributed by atoms with Gasteiger partial charge < -0.3 is 9.88 Å². The molecule has 186 valence electrons. The van der Waals surface area contributed by atoms with Crippen molar-refractivity contribution in [1.29, 1.82) is 0 Å². The summed E-state index contributed by atoms with van der Waals surface area (Å²) in [6.07, 6.45) is 4.53. The first-order valence-electron chi connectivity index (χ1n) is 12.7. The third kappa shape index (κ3) is 5.36. The molecular weight excluding hydrogens is 437 g/mol. The van der Waals surface area contributed by atoms with E-state index < -0.39 is 17.2 Å². The number of carbonyl (C=O) groups is 1. The van der Waals surface area contributed by atoms with Crippen LogP contribution >= 0.6 is 0 Å². The molecule has 2 aromatic rings. The van der Waals surface area contributed by atoms with Gasteiger partial charge in [-0.15, -0.1) is 0 Å². The summed E-state index contributed by atoms with van der Waals surface area (Å²) in [4.78, 5) is 13.1. The Kier molecular flexibility index (Phi) is 6.90. The maximum atomic E-state index is 13.9. The molecule has 1 aromatic carbocycles. The molecule has 2 fully saturated rings. The van der Waals surface area contributed by atoms with Crippen LogP contribution in [0.3, 0.4) is 0 Å². The van der Waals surface area contributed by atoms with Gasteiger partial charge in [0.2, 0.25) is 0 Å². The predicted molar refractivity (Wildman–Crippen MR) is 130 cm³/mol. The summed E-state index contributed by atoms with van der Waals surface area (Å²) in [5, 5.41) is 3.11. The van der Waals surface area contributed by atoms with Gasteiger partial charge in [-0.3, -0.25) is 4.79 Å². The normalized spacial score (nSPS) is 18.1. The average molecular weight is 475 g/mol. The topological polar surface area (TPSA) is 34.0 Å². The van der Waals surface area contributed by atoms with E-state index in [-0.39, 0.29) is 11.9 Å². The van der Waals surface area contributed by atoms with Crippen LogP contribution < -0.4 is 5.32 Å². The molecule has 2 aliphatic rings. The van der Waals surface area contributed by atoms with Gasteiger partial charge in [0, 0.05) is 24.0 Å². The van der Waals surface area contributed by atoms with Crippen molar-refractivity contribution in [2.24, 2.45) is 5.92 Å². The van der Waals surface area contributed by atoms with Crippen molar-refractivity contribution < 1.29 is 18.0 Å². The number of nitrogens with zero attached hydrogens (tertiary/aromatic N) is 1. The SMILES string of the molecule is Cc1c(C(=O)NC2CCC2)cc(-c2cc(C(C)(C)C)cc(C(F)(F)F)c2)n1CC1CCCCC1. The van der Waals surface area contributed by atoms with E-state index >= 15 is 0 Å². The van der Waals surface area contributed by atoms with Gasteiger partial charge in [0.1, 0.15) is 0 Å². The van der Waals surface area contributed by atoms with Crippen molar-refractivity contribution >= 4 is 5.91 Å². The number of hydrogen-bond acceptors (Lipinski definition) is 1. The van der Waals surface area contributed by atoms with Crippen LogP contribution in [0.1, 0.15) is 99.3 Å². The summed E-state index contributed by atoms with van der Waals surface area (Å²) < 4.78 is 43.7. The first-order valence-corrected chi connectivity index (χ1v) is 12.7. The van der Waals surface area contributed by atoms with Crippen molar-refractivity contribution in [3.63, 3.8) is 0 Å². The monoisotopic (exact) mass is 474 g/mol. The summed E-state index contributed by atoms with van der Waals surface area (Å²) in [5.41, 5.74) is 2.22. The molecule has 1 heterocycles. The Morgan fingerprint density at radius 3 is 2.15 bits per heavy atom.